The van der Waals surface area contributed by atoms with Crippen LogP contribution in [0.2, 0.25) is 0 Å². The number of aryl methyl sites for hydroxylation is 1. The molecule has 3 radical (unpaired) electrons. The Hall–Kier alpha value is -2.81. The molecule has 0 unspecified atom stereocenters. The number of aromatic nitrogens is 2. The molecule has 0 bridgehead atoms. The summed E-state index contributed by atoms with van der Waals surface area (Å²) in [6.45, 7) is 5.84. The van der Waals surface area contributed by atoms with E-state index in [0.29, 0.717) is 11.2 Å². The molecule has 27 heavy (non-hydrogen) atoms. The van der Waals surface area contributed by atoms with Crippen molar-refractivity contribution in [1.82, 2.24) is 9.97 Å². The highest BCUT2D eigenvalue weighted by Crippen LogP contribution is 2.23. The molecule has 0 saturated heterocycles. The van der Waals surface area contributed by atoms with Crippen LogP contribution < -0.4 is 16.5 Å². The fraction of sp³-hybridized carbons (Fsp3) is 0.182. The second-order valence-electron chi connectivity index (χ2n) is 7.22. The summed E-state index contributed by atoms with van der Waals surface area (Å²) in [6, 6.07) is 10.3. The number of allylic oxidation sites excluding steroid dienone is 2. The molecule has 0 saturated carbocycles. The standard InChI is InChI=1S/C22H19B2N2O/c1-12(9-15-7-5-4-6-8-15)10-16-18(23)19-17(11-13(2)24-19)21-20(16)25-14(3)22(27)26-21/h4-8,10-11H,9H2,1-3H3,(H,26,27)/b12-10+. The van der Waals surface area contributed by atoms with Gasteiger partial charge in [0.05, 0.1) is 11.0 Å². The first-order chi connectivity index (χ1) is 12.9. The number of hydrogen-bond acceptors (Lipinski definition) is 2. The van der Waals surface area contributed by atoms with E-state index in [0.717, 1.165) is 39.5 Å². The Bertz CT molecular complexity index is 1170. The van der Waals surface area contributed by atoms with Gasteiger partial charge in [-0.05, 0) is 37.0 Å². The monoisotopic (exact) mass is 349 g/mol. The van der Waals surface area contributed by atoms with Gasteiger partial charge in [0.25, 0.3) is 5.56 Å². The predicted molar refractivity (Wildman–Crippen MR) is 115 cm³/mol. The Morgan fingerprint density at radius 1 is 1.26 bits per heavy atom. The molecule has 0 amide bonds. The Kier molecular flexibility index (Phi) is 4.39. The van der Waals surface area contributed by atoms with Crippen LogP contribution in [0.4, 0.5) is 0 Å². The van der Waals surface area contributed by atoms with Crippen LogP contribution >= 0.6 is 0 Å². The van der Waals surface area contributed by atoms with E-state index in [1.54, 1.807) is 6.92 Å². The Morgan fingerprint density at radius 3 is 2.74 bits per heavy atom. The van der Waals surface area contributed by atoms with Crippen molar-refractivity contribution in [2.45, 2.75) is 27.2 Å². The van der Waals surface area contributed by atoms with Crippen LogP contribution in [0.1, 0.15) is 36.2 Å². The largest absolute Gasteiger partial charge is 0.319 e. The number of fused-ring (bicyclic) bond motifs is 3. The van der Waals surface area contributed by atoms with E-state index < -0.39 is 0 Å². The number of H-pyrrole nitrogens is 1. The van der Waals surface area contributed by atoms with Gasteiger partial charge in [-0.3, -0.25) is 4.79 Å². The van der Waals surface area contributed by atoms with Crippen LogP contribution in [0.15, 0.2) is 46.2 Å². The Morgan fingerprint density at radius 2 is 2.00 bits per heavy atom. The van der Waals surface area contributed by atoms with E-state index in [1.807, 2.05) is 31.2 Å². The Labute approximate surface area is 160 Å². The lowest BCUT2D eigenvalue weighted by molar-refractivity contribution is 1.12. The van der Waals surface area contributed by atoms with E-state index in [1.165, 1.54) is 11.1 Å². The molecular weight excluding hydrogens is 330 g/mol. The molecule has 3 aromatic rings. The Balaban J connectivity index is 1.92. The van der Waals surface area contributed by atoms with Crippen molar-refractivity contribution >= 4 is 49.2 Å². The van der Waals surface area contributed by atoms with Crippen molar-refractivity contribution in [2.24, 2.45) is 0 Å². The van der Waals surface area contributed by atoms with Gasteiger partial charge in [-0.1, -0.05) is 65.9 Å². The molecule has 5 heteroatoms. The van der Waals surface area contributed by atoms with Gasteiger partial charge in [0.15, 0.2) is 7.28 Å². The second kappa shape index (κ2) is 6.73. The van der Waals surface area contributed by atoms with Gasteiger partial charge in [-0.25, -0.2) is 4.98 Å². The quantitative estimate of drug-likeness (QED) is 0.738. The topological polar surface area (TPSA) is 45.8 Å². The van der Waals surface area contributed by atoms with E-state index >= 15 is 0 Å². The highest BCUT2D eigenvalue weighted by Gasteiger charge is 2.21. The number of benzene rings is 2. The van der Waals surface area contributed by atoms with Crippen LogP contribution in [-0.4, -0.2) is 25.1 Å². The maximum absolute atomic E-state index is 12.2. The summed E-state index contributed by atoms with van der Waals surface area (Å²) < 4.78 is 0. The number of rotatable bonds is 3. The summed E-state index contributed by atoms with van der Waals surface area (Å²) in [5.74, 6) is 0. The van der Waals surface area contributed by atoms with Crippen molar-refractivity contribution in [3.8, 4) is 0 Å². The third-order valence-corrected chi connectivity index (χ3v) is 4.94. The fourth-order valence-electron chi connectivity index (χ4n) is 3.64. The first-order valence-corrected chi connectivity index (χ1v) is 9.04. The molecule has 0 aliphatic carbocycles. The van der Waals surface area contributed by atoms with Gasteiger partial charge in [0.2, 0.25) is 0 Å². The molecule has 0 atom stereocenters. The van der Waals surface area contributed by atoms with E-state index in [9.17, 15) is 4.79 Å². The molecule has 0 fully saturated rings. The molecule has 1 aliphatic rings. The highest BCUT2D eigenvalue weighted by atomic mass is 16.1. The minimum absolute atomic E-state index is 0.164. The summed E-state index contributed by atoms with van der Waals surface area (Å²) in [6.07, 6.45) is 4.98. The lowest BCUT2D eigenvalue weighted by atomic mass is 9.61. The van der Waals surface area contributed by atoms with E-state index in [4.69, 9.17) is 7.85 Å². The van der Waals surface area contributed by atoms with Crippen LogP contribution in [0.3, 0.4) is 0 Å². The van der Waals surface area contributed by atoms with Gasteiger partial charge >= 0.3 is 0 Å². The van der Waals surface area contributed by atoms with Gasteiger partial charge in [-0.15, -0.1) is 5.47 Å². The lowest BCUT2D eigenvalue weighted by Crippen LogP contribution is -2.35. The van der Waals surface area contributed by atoms with Crippen molar-refractivity contribution in [1.29, 1.82) is 0 Å². The second-order valence-corrected chi connectivity index (χ2v) is 7.22. The molecule has 4 rings (SSSR count). The summed E-state index contributed by atoms with van der Waals surface area (Å²) in [5, 5.41) is 0. The zero-order valence-corrected chi connectivity index (χ0v) is 15.8. The zero-order chi connectivity index (χ0) is 19.1. The average Bonchev–Trinajstić information content (AvgIpc) is 3.03. The van der Waals surface area contributed by atoms with Gasteiger partial charge in [-0.2, -0.15) is 0 Å². The molecule has 2 aromatic carbocycles. The first kappa shape index (κ1) is 17.6. The van der Waals surface area contributed by atoms with Crippen molar-refractivity contribution in [3.05, 3.63) is 74.1 Å². The molecule has 3 nitrogen and oxygen atoms in total. The maximum atomic E-state index is 12.2. The number of nitrogens with zero attached hydrogens (tertiary/aromatic N) is 1. The van der Waals surface area contributed by atoms with Crippen LogP contribution in [0.25, 0.3) is 23.2 Å². The van der Waals surface area contributed by atoms with Crippen LogP contribution in [-0.2, 0) is 6.42 Å². The van der Waals surface area contributed by atoms with Gasteiger partial charge < -0.3 is 4.98 Å². The number of aromatic amines is 1. The summed E-state index contributed by atoms with van der Waals surface area (Å²) in [4.78, 5) is 19.8. The minimum atomic E-state index is -0.164. The van der Waals surface area contributed by atoms with E-state index in [2.05, 4.69) is 42.4 Å². The molecule has 2 heterocycles. The number of hydrogen-bond donors (Lipinski definition) is 1. The number of nitrogens with one attached hydrogen (secondary N) is 1. The molecule has 1 N–H and O–H groups in total. The lowest BCUT2D eigenvalue weighted by Gasteiger charge is -2.15. The fourth-order valence-corrected chi connectivity index (χ4v) is 3.64. The SMILES string of the molecule is [B]c1c2c(c3[nH]c(=O)c(C)nc3c1/C=C(\C)Cc1ccccc1)C=C(C)[B]2. The summed E-state index contributed by atoms with van der Waals surface area (Å²) in [7, 11) is 8.61. The molecule has 1 aliphatic heterocycles. The van der Waals surface area contributed by atoms with Crippen LogP contribution in [0.5, 0.6) is 0 Å². The normalized spacial score (nSPS) is 13.4. The molecule has 1 aromatic heterocycles. The third-order valence-electron chi connectivity index (χ3n) is 4.94. The van der Waals surface area contributed by atoms with Crippen molar-refractivity contribution in [2.75, 3.05) is 0 Å². The summed E-state index contributed by atoms with van der Waals surface area (Å²) >= 11 is 0. The van der Waals surface area contributed by atoms with E-state index in [-0.39, 0.29) is 5.56 Å². The molecule has 129 valence electrons. The zero-order valence-electron chi connectivity index (χ0n) is 15.8. The first-order valence-electron chi connectivity index (χ1n) is 9.04. The molecular formula is C22H19B2N2O. The maximum Gasteiger partial charge on any atom is 0.269 e. The van der Waals surface area contributed by atoms with Crippen molar-refractivity contribution < 1.29 is 0 Å². The average molecular weight is 349 g/mol. The molecule has 0 spiro atoms. The van der Waals surface area contributed by atoms with Gasteiger partial charge in [0.1, 0.15) is 13.5 Å². The third kappa shape index (κ3) is 3.18. The minimum Gasteiger partial charge on any atom is -0.319 e. The smallest absolute Gasteiger partial charge is 0.269 e. The highest BCUT2D eigenvalue weighted by molar-refractivity contribution is 6.71. The summed E-state index contributed by atoms with van der Waals surface area (Å²) in [5.41, 5.74) is 8.80. The van der Waals surface area contributed by atoms with Gasteiger partial charge in [0, 0.05) is 0 Å². The predicted octanol–water partition coefficient (Wildman–Crippen LogP) is 2.38. The van der Waals surface area contributed by atoms with Crippen LogP contribution in [0, 0.1) is 6.92 Å². The van der Waals surface area contributed by atoms with Crippen molar-refractivity contribution in [3.63, 3.8) is 0 Å².